The lowest BCUT2D eigenvalue weighted by atomic mass is 10.1. The first-order valence-electron chi connectivity index (χ1n) is 8.64. The highest BCUT2D eigenvalue weighted by atomic mass is 32.2. The van der Waals surface area contributed by atoms with E-state index < -0.39 is 33.0 Å². The number of esters is 1. The molecule has 0 unspecified atom stereocenters. The van der Waals surface area contributed by atoms with Gasteiger partial charge in [-0.25, -0.2) is 8.42 Å². The first-order valence-corrected chi connectivity index (χ1v) is 10.1. The maximum atomic E-state index is 13.2. The van der Waals surface area contributed by atoms with Gasteiger partial charge in [-0.1, -0.05) is 6.08 Å². The van der Waals surface area contributed by atoms with Crippen LogP contribution in [0.1, 0.15) is 34.1 Å². The first kappa shape index (κ1) is 23.4. The lowest BCUT2D eigenvalue weighted by molar-refractivity contribution is -0.384. The van der Waals surface area contributed by atoms with Gasteiger partial charge in [-0.3, -0.25) is 19.7 Å². The number of nitro groups is 1. The Kier molecular flexibility index (Phi) is 8.45. The fourth-order valence-electron chi connectivity index (χ4n) is 2.57. The minimum atomic E-state index is -4.16. The number of sulfonamides is 1. The van der Waals surface area contributed by atoms with Crippen LogP contribution in [0.3, 0.4) is 0 Å². The van der Waals surface area contributed by atoms with E-state index in [-0.39, 0.29) is 29.4 Å². The average Bonchev–Trinajstić information content (AvgIpc) is 2.60. The number of hydrogen-bond acceptors (Lipinski definition) is 7. The van der Waals surface area contributed by atoms with Crippen LogP contribution in [0.2, 0.25) is 0 Å². The standard InChI is InChI=1S/C18H24N2O7S/c1-5-27-18(22)17(8-6-7-14(4)21)19(13(2)3)28(25,26)16-11-9-15(10-12-16)20(23)24/h6-7,9-13,17H,5,8H2,1-4H3/b7-6+/t17-/m0/s1. The van der Waals surface area contributed by atoms with Crippen molar-refractivity contribution in [3.63, 3.8) is 0 Å². The van der Waals surface area contributed by atoms with E-state index in [4.69, 9.17) is 4.74 Å². The van der Waals surface area contributed by atoms with E-state index in [0.29, 0.717) is 0 Å². The molecule has 1 atom stereocenters. The summed E-state index contributed by atoms with van der Waals surface area (Å²) in [6.07, 6.45) is 2.62. The van der Waals surface area contributed by atoms with Crippen LogP contribution < -0.4 is 0 Å². The number of benzene rings is 1. The average molecular weight is 412 g/mol. The number of nitrogens with zero attached hydrogens (tertiary/aromatic N) is 2. The van der Waals surface area contributed by atoms with Crippen LogP contribution in [0.25, 0.3) is 0 Å². The number of nitro benzene ring substituents is 1. The van der Waals surface area contributed by atoms with Gasteiger partial charge in [-0.2, -0.15) is 4.31 Å². The predicted molar refractivity (Wildman–Crippen MR) is 102 cm³/mol. The molecule has 1 aromatic carbocycles. The molecule has 0 aliphatic heterocycles. The zero-order chi connectivity index (χ0) is 21.5. The topological polar surface area (TPSA) is 124 Å². The summed E-state index contributed by atoms with van der Waals surface area (Å²) in [6.45, 7) is 6.21. The quantitative estimate of drug-likeness (QED) is 0.250. The Morgan fingerprint density at radius 3 is 2.25 bits per heavy atom. The van der Waals surface area contributed by atoms with Gasteiger partial charge in [0.1, 0.15) is 6.04 Å². The van der Waals surface area contributed by atoms with E-state index in [2.05, 4.69) is 0 Å². The number of carbonyl (C=O) groups excluding carboxylic acids is 2. The molecule has 0 heterocycles. The molecule has 0 aliphatic rings. The summed E-state index contributed by atoms with van der Waals surface area (Å²) >= 11 is 0. The second-order valence-corrected chi connectivity index (χ2v) is 8.04. The van der Waals surface area contributed by atoms with Gasteiger partial charge in [0.2, 0.25) is 10.0 Å². The number of ether oxygens (including phenoxy) is 1. The van der Waals surface area contributed by atoms with Crippen molar-refractivity contribution < 1.29 is 27.7 Å². The van der Waals surface area contributed by atoms with Crippen molar-refractivity contribution in [1.29, 1.82) is 0 Å². The maximum absolute atomic E-state index is 13.2. The first-order chi connectivity index (χ1) is 13.0. The molecule has 0 aliphatic carbocycles. The minimum Gasteiger partial charge on any atom is -0.465 e. The van der Waals surface area contributed by atoms with E-state index in [1.54, 1.807) is 20.8 Å². The van der Waals surface area contributed by atoms with Gasteiger partial charge >= 0.3 is 5.97 Å². The fourth-order valence-corrected chi connectivity index (χ4v) is 4.36. The van der Waals surface area contributed by atoms with Crippen LogP contribution in [0, 0.1) is 10.1 Å². The van der Waals surface area contributed by atoms with Crippen molar-refractivity contribution in [3.8, 4) is 0 Å². The Labute approximate surface area is 164 Å². The summed E-state index contributed by atoms with van der Waals surface area (Å²) in [5, 5.41) is 10.8. The summed E-state index contributed by atoms with van der Waals surface area (Å²) in [6, 6.07) is 2.62. The molecule has 28 heavy (non-hydrogen) atoms. The summed E-state index contributed by atoms with van der Waals surface area (Å²) < 4.78 is 32.3. The number of rotatable bonds is 10. The minimum absolute atomic E-state index is 0.0528. The van der Waals surface area contributed by atoms with E-state index in [1.807, 2.05) is 0 Å². The molecule has 0 N–H and O–H groups in total. The van der Waals surface area contributed by atoms with E-state index in [9.17, 15) is 28.1 Å². The molecule has 154 valence electrons. The summed E-state index contributed by atoms with van der Waals surface area (Å²) in [5.74, 6) is -0.980. The molecule has 0 aromatic heterocycles. The molecule has 9 nitrogen and oxygen atoms in total. The largest absolute Gasteiger partial charge is 0.465 e. The number of ketones is 1. The lowest BCUT2D eigenvalue weighted by Gasteiger charge is -2.32. The second-order valence-electron chi connectivity index (χ2n) is 6.20. The Morgan fingerprint density at radius 1 is 1.25 bits per heavy atom. The monoisotopic (exact) mass is 412 g/mol. The van der Waals surface area contributed by atoms with Crippen molar-refractivity contribution >= 4 is 27.5 Å². The number of carbonyl (C=O) groups is 2. The van der Waals surface area contributed by atoms with E-state index in [1.165, 1.54) is 19.1 Å². The molecule has 0 saturated carbocycles. The van der Waals surface area contributed by atoms with Gasteiger partial charge in [-0.15, -0.1) is 0 Å². The highest BCUT2D eigenvalue weighted by Gasteiger charge is 2.38. The molecular formula is C18H24N2O7S. The Balaban J connectivity index is 3.38. The van der Waals surface area contributed by atoms with Crippen LogP contribution in [0.15, 0.2) is 41.3 Å². The van der Waals surface area contributed by atoms with Gasteiger partial charge in [0.25, 0.3) is 5.69 Å². The summed E-state index contributed by atoms with van der Waals surface area (Å²) in [4.78, 5) is 33.6. The molecule has 0 amide bonds. The molecule has 0 saturated heterocycles. The Morgan fingerprint density at radius 2 is 1.82 bits per heavy atom. The van der Waals surface area contributed by atoms with Crippen LogP contribution >= 0.6 is 0 Å². The highest BCUT2D eigenvalue weighted by molar-refractivity contribution is 7.89. The lowest BCUT2D eigenvalue weighted by Crippen LogP contribution is -2.49. The maximum Gasteiger partial charge on any atom is 0.324 e. The van der Waals surface area contributed by atoms with Crippen molar-refractivity contribution in [1.82, 2.24) is 4.31 Å². The predicted octanol–water partition coefficient (Wildman–Crippen LogP) is 2.46. The Bertz CT molecular complexity index is 845. The molecular weight excluding hydrogens is 388 g/mol. The molecule has 0 spiro atoms. The van der Waals surface area contributed by atoms with Crippen molar-refractivity contribution in [3.05, 3.63) is 46.5 Å². The van der Waals surface area contributed by atoms with Crippen molar-refractivity contribution in [2.45, 2.75) is 51.1 Å². The van der Waals surface area contributed by atoms with E-state index >= 15 is 0 Å². The number of allylic oxidation sites excluding steroid dienone is 1. The third-order valence-corrected chi connectivity index (χ3v) is 5.81. The summed E-state index contributed by atoms with van der Waals surface area (Å²) in [7, 11) is -4.16. The SMILES string of the molecule is CCOC(=O)[C@H](C/C=C/C(C)=O)N(C(C)C)S(=O)(=O)c1ccc([N+](=O)[O-])cc1. The molecule has 10 heteroatoms. The fraction of sp³-hybridized carbons (Fsp3) is 0.444. The third kappa shape index (κ3) is 5.96. The van der Waals surface area contributed by atoms with Crippen LogP contribution in [0.5, 0.6) is 0 Å². The molecule has 0 radical (unpaired) electrons. The number of hydrogen-bond donors (Lipinski definition) is 0. The number of non-ortho nitro benzene ring substituents is 1. The highest BCUT2D eigenvalue weighted by Crippen LogP contribution is 2.25. The van der Waals surface area contributed by atoms with Gasteiger partial charge < -0.3 is 4.74 Å². The zero-order valence-electron chi connectivity index (χ0n) is 16.2. The Hall–Kier alpha value is -2.59. The zero-order valence-corrected chi connectivity index (χ0v) is 17.0. The third-order valence-electron chi connectivity index (χ3n) is 3.71. The van der Waals surface area contributed by atoms with Crippen molar-refractivity contribution in [2.75, 3.05) is 6.61 Å². The molecule has 0 bridgehead atoms. The molecule has 1 aromatic rings. The van der Waals surface area contributed by atoms with Crippen LogP contribution in [-0.2, 0) is 24.3 Å². The van der Waals surface area contributed by atoms with Gasteiger partial charge in [0.15, 0.2) is 5.78 Å². The smallest absolute Gasteiger partial charge is 0.324 e. The van der Waals surface area contributed by atoms with Gasteiger partial charge in [0, 0.05) is 18.2 Å². The van der Waals surface area contributed by atoms with Crippen LogP contribution in [0.4, 0.5) is 5.69 Å². The van der Waals surface area contributed by atoms with E-state index in [0.717, 1.165) is 28.6 Å². The van der Waals surface area contributed by atoms with Crippen LogP contribution in [-0.4, -0.2) is 48.1 Å². The summed E-state index contributed by atoms with van der Waals surface area (Å²) in [5.41, 5.74) is -0.249. The molecule has 1 rings (SSSR count). The molecule has 0 fully saturated rings. The van der Waals surface area contributed by atoms with Gasteiger partial charge in [0.05, 0.1) is 16.4 Å². The second kappa shape index (κ2) is 10.1. The normalized spacial score (nSPS) is 13.1. The van der Waals surface area contributed by atoms with Crippen molar-refractivity contribution in [2.24, 2.45) is 0 Å². The van der Waals surface area contributed by atoms with Gasteiger partial charge in [-0.05, 0) is 52.3 Å².